The maximum Gasteiger partial charge on any atom is 0.148 e. The number of nitrogens with two attached hydrogens (primary N) is 1. The van der Waals surface area contributed by atoms with Crippen LogP contribution in [-0.4, -0.2) is 9.78 Å². The van der Waals surface area contributed by atoms with Gasteiger partial charge in [-0.2, -0.15) is 5.10 Å². The van der Waals surface area contributed by atoms with Gasteiger partial charge in [0, 0.05) is 17.3 Å². The third-order valence-corrected chi connectivity index (χ3v) is 2.27. The first-order valence-electron chi connectivity index (χ1n) is 4.70. The van der Waals surface area contributed by atoms with Gasteiger partial charge in [-0.15, -0.1) is 0 Å². The van der Waals surface area contributed by atoms with Gasteiger partial charge >= 0.3 is 0 Å². The minimum absolute atomic E-state index is 0.218. The Bertz CT molecular complexity index is 457. The number of nitrogen functional groups attached to an aromatic ring is 1. The zero-order chi connectivity index (χ0) is 10.8. The van der Waals surface area contributed by atoms with E-state index < -0.39 is 0 Å². The predicted molar refractivity (Wildman–Crippen MR) is 56.9 cm³/mol. The van der Waals surface area contributed by atoms with E-state index in [9.17, 15) is 4.39 Å². The van der Waals surface area contributed by atoms with Crippen LogP contribution in [-0.2, 0) is 6.54 Å². The van der Waals surface area contributed by atoms with E-state index in [1.54, 1.807) is 22.9 Å². The summed E-state index contributed by atoms with van der Waals surface area (Å²) in [5, 5.41) is 4.07. The van der Waals surface area contributed by atoms with Gasteiger partial charge in [0.05, 0.1) is 6.54 Å². The molecule has 1 aromatic heterocycles. The van der Waals surface area contributed by atoms with E-state index in [0.29, 0.717) is 17.9 Å². The zero-order valence-corrected chi connectivity index (χ0v) is 8.44. The van der Waals surface area contributed by atoms with E-state index in [-0.39, 0.29) is 5.82 Å². The van der Waals surface area contributed by atoms with Crippen molar-refractivity contribution in [1.82, 2.24) is 9.78 Å². The fourth-order valence-electron chi connectivity index (χ4n) is 1.42. The van der Waals surface area contributed by atoms with E-state index in [1.165, 1.54) is 6.07 Å². The van der Waals surface area contributed by atoms with Crippen molar-refractivity contribution in [2.75, 3.05) is 5.73 Å². The van der Waals surface area contributed by atoms with Crippen LogP contribution in [0.2, 0.25) is 0 Å². The molecular formula is C11H12FN3. The number of aryl methyl sites for hydroxylation is 1. The summed E-state index contributed by atoms with van der Waals surface area (Å²) in [5.41, 5.74) is 7.13. The predicted octanol–water partition coefficient (Wildman–Crippen LogP) is 1.96. The molecule has 0 saturated heterocycles. The highest BCUT2D eigenvalue weighted by molar-refractivity contribution is 5.36. The Labute approximate surface area is 87.3 Å². The van der Waals surface area contributed by atoms with Crippen LogP contribution in [0.5, 0.6) is 0 Å². The van der Waals surface area contributed by atoms with Gasteiger partial charge in [0.25, 0.3) is 0 Å². The molecule has 0 bridgehead atoms. The molecule has 1 heterocycles. The van der Waals surface area contributed by atoms with Crippen molar-refractivity contribution in [3.63, 3.8) is 0 Å². The molecule has 4 heteroatoms. The standard InChI is InChI=1S/C11H12FN3/c1-8-6-15(14-11(8)13)7-9-4-2-3-5-10(9)12/h2-6H,7H2,1H3,(H2,13,14). The van der Waals surface area contributed by atoms with E-state index in [0.717, 1.165) is 5.56 Å². The second-order valence-electron chi connectivity index (χ2n) is 3.49. The van der Waals surface area contributed by atoms with Crippen LogP contribution >= 0.6 is 0 Å². The summed E-state index contributed by atoms with van der Waals surface area (Å²) in [7, 11) is 0. The number of hydrogen-bond acceptors (Lipinski definition) is 2. The highest BCUT2D eigenvalue weighted by Crippen LogP contribution is 2.11. The lowest BCUT2D eigenvalue weighted by molar-refractivity contribution is 0.586. The first-order chi connectivity index (χ1) is 7.16. The Morgan fingerprint density at radius 2 is 2.13 bits per heavy atom. The molecule has 2 aromatic rings. The quantitative estimate of drug-likeness (QED) is 0.814. The molecule has 0 aliphatic carbocycles. The van der Waals surface area contributed by atoms with Gasteiger partial charge in [0.2, 0.25) is 0 Å². The third-order valence-electron chi connectivity index (χ3n) is 2.27. The molecule has 0 fully saturated rings. The number of aromatic nitrogens is 2. The van der Waals surface area contributed by atoms with Gasteiger partial charge < -0.3 is 5.73 Å². The lowest BCUT2D eigenvalue weighted by atomic mass is 10.2. The second-order valence-corrected chi connectivity index (χ2v) is 3.49. The number of benzene rings is 1. The molecule has 0 radical (unpaired) electrons. The zero-order valence-electron chi connectivity index (χ0n) is 8.44. The minimum atomic E-state index is -0.218. The van der Waals surface area contributed by atoms with Crippen LogP contribution in [0, 0.1) is 12.7 Å². The van der Waals surface area contributed by atoms with Gasteiger partial charge in [-0.05, 0) is 13.0 Å². The average molecular weight is 205 g/mol. The molecule has 3 nitrogen and oxygen atoms in total. The van der Waals surface area contributed by atoms with E-state index in [1.807, 2.05) is 13.1 Å². The summed E-state index contributed by atoms with van der Waals surface area (Å²) >= 11 is 0. The Balaban J connectivity index is 2.26. The molecule has 0 atom stereocenters. The van der Waals surface area contributed by atoms with Crippen LogP contribution in [0.1, 0.15) is 11.1 Å². The largest absolute Gasteiger partial charge is 0.382 e. The first kappa shape index (κ1) is 9.71. The number of rotatable bonds is 2. The van der Waals surface area contributed by atoms with Crippen molar-refractivity contribution in [1.29, 1.82) is 0 Å². The summed E-state index contributed by atoms with van der Waals surface area (Å²) in [6.07, 6.45) is 1.81. The molecule has 0 unspecified atom stereocenters. The molecule has 15 heavy (non-hydrogen) atoms. The van der Waals surface area contributed by atoms with Gasteiger partial charge in [0.15, 0.2) is 0 Å². The van der Waals surface area contributed by atoms with Crippen LogP contribution in [0.15, 0.2) is 30.5 Å². The maximum absolute atomic E-state index is 13.3. The van der Waals surface area contributed by atoms with Gasteiger partial charge in [-0.3, -0.25) is 4.68 Å². The third kappa shape index (κ3) is 1.98. The Morgan fingerprint density at radius 3 is 2.73 bits per heavy atom. The van der Waals surface area contributed by atoms with Gasteiger partial charge in [-0.25, -0.2) is 4.39 Å². The molecule has 1 aromatic carbocycles. The molecule has 2 N–H and O–H groups in total. The van der Waals surface area contributed by atoms with Crippen molar-refractivity contribution >= 4 is 5.82 Å². The van der Waals surface area contributed by atoms with E-state index >= 15 is 0 Å². The number of halogens is 1. The Hall–Kier alpha value is -1.84. The molecule has 78 valence electrons. The topological polar surface area (TPSA) is 43.8 Å². The van der Waals surface area contributed by atoms with Crippen molar-refractivity contribution in [3.05, 3.63) is 47.4 Å². The number of hydrogen-bond donors (Lipinski definition) is 1. The molecule has 2 rings (SSSR count). The highest BCUT2D eigenvalue weighted by atomic mass is 19.1. The molecule has 0 amide bonds. The van der Waals surface area contributed by atoms with Crippen molar-refractivity contribution in [2.45, 2.75) is 13.5 Å². The van der Waals surface area contributed by atoms with Crippen LogP contribution in [0.25, 0.3) is 0 Å². The maximum atomic E-state index is 13.3. The van der Waals surface area contributed by atoms with Gasteiger partial charge in [0.1, 0.15) is 11.6 Å². The molecule has 0 spiro atoms. The Kier molecular flexibility index (Phi) is 2.41. The van der Waals surface area contributed by atoms with Crippen molar-refractivity contribution in [3.8, 4) is 0 Å². The summed E-state index contributed by atoms with van der Waals surface area (Å²) in [6, 6.07) is 6.65. The Morgan fingerprint density at radius 1 is 1.40 bits per heavy atom. The SMILES string of the molecule is Cc1cn(Cc2ccccc2F)nc1N. The molecule has 0 aliphatic rings. The summed E-state index contributed by atoms with van der Waals surface area (Å²) in [5.74, 6) is 0.274. The second kappa shape index (κ2) is 3.73. The number of anilines is 1. The minimum Gasteiger partial charge on any atom is -0.382 e. The summed E-state index contributed by atoms with van der Waals surface area (Å²) in [4.78, 5) is 0. The normalized spacial score (nSPS) is 10.5. The lowest BCUT2D eigenvalue weighted by Crippen LogP contribution is -2.02. The average Bonchev–Trinajstić information content (AvgIpc) is 2.50. The molecule has 0 saturated carbocycles. The summed E-state index contributed by atoms with van der Waals surface area (Å²) < 4.78 is 15.0. The van der Waals surface area contributed by atoms with Crippen LogP contribution in [0.3, 0.4) is 0 Å². The first-order valence-corrected chi connectivity index (χ1v) is 4.70. The van der Waals surface area contributed by atoms with Gasteiger partial charge in [-0.1, -0.05) is 18.2 Å². The van der Waals surface area contributed by atoms with E-state index in [2.05, 4.69) is 5.10 Å². The van der Waals surface area contributed by atoms with Crippen LogP contribution in [0.4, 0.5) is 10.2 Å². The van der Waals surface area contributed by atoms with Crippen molar-refractivity contribution < 1.29 is 4.39 Å². The molecule has 0 aliphatic heterocycles. The smallest absolute Gasteiger partial charge is 0.148 e. The lowest BCUT2D eigenvalue weighted by Gasteiger charge is -2.02. The molecular weight excluding hydrogens is 193 g/mol. The van der Waals surface area contributed by atoms with E-state index in [4.69, 9.17) is 5.73 Å². The van der Waals surface area contributed by atoms with Crippen LogP contribution < -0.4 is 5.73 Å². The fourth-order valence-corrected chi connectivity index (χ4v) is 1.42. The van der Waals surface area contributed by atoms with Crippen molar-refractivity contribution in [2.24, 2.45) is 0 Å². The highest BCUT2D eigenvalue weighted by Gasteiger charge is 2.04. The fraction of sp³-hybridized carbons (Fsp3) is 0.182. The number of nitrogens with zero attached hydrogens (tertiary/aromatic N) is 2. The summed E-state index contributed by atoms with van der Waals surface area (Å²) in [6.45, 7) is 2.28. The monoisotopic (exact) mass is 205 g/mol.